The van der Waals surface area contributed by atoms with Gasteiger partial charge in [-0.3, -0.25) is 9.59 Å². The highest BCUT2D eigenvalue weighted by Gasteiger charge is 2.46. The zero-order valence-corrected chi connectivity index (χ0v) is 20.1. The minimum atomic E-state index is -2.56. The number of hydrogen-bond donors (Lipinski definition) is 3. The highest BCUT2D eigenvalue weighted by Crippen LogP contribution is 2.38. The Kier molecular flexibility index (Phi) is 4.74. The fraction of sp³-hybridized carbons (Fsp3) is 0.538. The van der Waals surface area contributed by atoms with Crippen LogP contribution in [0.3, 0.4) is 0 Å². The lowest BCUT2D eigenvalue weighted by atomic mass is 9.77. The van der Waals surface area contributed by atoms with Gasteiger partial charge in [0.15, 0.2) is 17.2 Å². The number of carbonyl (C=O) groups excluding carboxylic acids is 1. The molecular formula is C26H33N7O4. The summed E-state index contributed by atoms with van der Waals surface area (Å²) in [7, 11) is -2.46. The van der Waals surface area contributed by atoms with Crippen molar-refractivity contribution >= 4 is 28.7 Å². The quantitative estimate of drug-likeness (QED) is 0.441. The molecule has 3 aliphatic rings. The van der Waals surface area contributed by atoms with Crippen molar-refractivity contribution in [1.82, 2.24) is 24.5 Å². The summed E-state index contributed by atoms with van der Waals surface area (Å²) in [4.78, 5) is 31.0. The number of hydrogen-bond acceptors (Lipinski definition) is 8. The summed E-state index contributed by atoms with van der Waals surface area (Å²) in [6.45, 7) is -1.88. The normalized spacial score (nSPS) is 30.0. The summed E-state index contributed by atoms with van der Waals surface area (Å²) in [5.74, 6) is 0.152. The summed E-state index contributed by atoms with van der Waals surface area (Å²) in [5, 5.41) is 12.9. The van der Waals surface area contributed by atoms with Gasteiger partial charge in [0.25, 0.3) is 11.5 Å². The second-order valence-electron chi connectivity index (χ2n) is 9.95. The monoisotopic (exact) mass is 513 g/mol. The van der Waals surface area contributed by atoms with Gasteiger partial charge in [0, 0.05) is 43.0 Å². The van der Waals surface area contributed by atoms with Gasteiger partial charge < -0.3 is 30.0 Å². The summed E-state index contributed by atoms with van der Waals surface area (Å²) in [6, 6.07) is 4.45. The van der Waals surface area contributed by atoms with Crippen LogP contribution < -0.4 is 21.5 Å². The summed E-state index contributed by atoms with van der Waals surface area (Å²) in [6.07, 6.45) is 6.58. The number of fused-ring (bicyclic) bond motifs is 2. The summed E-state index contributed by atoms with van der Waals surface area (Å²) >= 11 is 0. The van der Waals surface area contributed by atoms with Crippen molar-refractivity contribution in [3.05, 3.63) is 46.6 Å². The minimum absolute atomic E-state index is 0.00879. The number of amides is 1. The average molecular weight is 514 g/mol. The molecule has 11 nitrogen and oxygen atoms in total. The average Bonchev–Trinajstić information content (AvgIpc) is 3.51. The Bertz CT molecular complexity index is 1560. The van der Waals surface area contributed by atoms with E-state index in [0.29, 0.717) is 38.2 Å². The molecule has 3 N–H and O–H groups in total. The van der Waals surface area contributed by atoms with Crippen LogP contribution in [0.2, 0.25) is 0 Å². The van der Waals surface area contributed by atoms with Crippen molar-refractivity contribution in [2.45, 2.75) is 62.8 Å². The zero-order chi connectivity index (χ0) is 30.5. The van der Waals surface area contributed by atoms with Crippen LogP contribution in [-0.2, 0) is 9.47 Å². The van der Waals surface area contributed by atoms with E-state index in [1.807, 2.05) is 0 Å². The number of nitrogens with zero attached hydrogens (tertiary/aromatic N) is 4. The highest BCUT2D eigenvalue weighted by atomic mass is 16.5. The van der Waals surface area contributed by atoms with E-state index < -0.39 is 19.9 Å². The van der Waals surface area contributed by atoms with Gasteiger partial charge in [0.2, 0.25) is 0 Å². The van der Waals surface area contributed by atoms with E-state index in [9.17, 15) is 9.59 Å². The molecule has 0 bridgehead atoms. The van der Waals surface area contributed by atoms with Crippen molar-refractivity contribution in [2.24, 2.45) is 5.92 Å². The Balaban J connectivity index is 1.25. The number of carbonyl (C=O) groups is 1. The van der Waals surface area contributed by atoms with Crippen LogP contribution in [0.4, 0.5) is 17.2 Å². The van der Waals surface area contributed by atoms with Crippen LogP contribution in [0.1, 0.15) is 63.3 Å². The Morgan fingerprint density at radius 2 is 2.14 bits per heavy atom. The molecule has 2 saturated carbocycles. The van der Waals surface area contributed by atoms with Crippen molar-refractivity contribution in [1.29, 1.82) is 0 Å². The Morgan fingerprint density at radius 1 is 1.24 bits per heavy atom. The van der Waals surface area contributed by atoms with Crippen LogP contribution in [0, 0.1) is 5.92 Å². The molecule has 0 unspecified atom stereocenters. The maximum Gasteiger partial charge on any atom is 0.274 e. The maximum absolute atomic E-state index is 13.5. The van der Waals surface area contributed by atoms with Gasteiger partial charge >= 0.3 is 0 Å². The molecule has 1 aliphatic heterocycles. The number of methoxy groups -OCH3 is 1. The third-order valence-corrected chi connectivity index (χ3v) is 7.81. The topological polar surface area (TPSA) is 124 Å². The van der Waals surface area contributed by atoms with Crippen LogP contribution in [-0.4, -0.2) is 63.9 Å². The molecule has 6 rings (SSSR count). The second-order valence-corrected chi connectivity index (χ2v) is 9.95. The molecule has 196 valence electrons. The molecule has 4 heterocycles. The van der Waals surface area contributed by atoms with Gasteiger partial charge in [0.05, 0.1) is 34.2 Å². The largest absolute Gasteiger partial charge is 0.385 e. The van der Waals surface area contributed by atoms with Gasteiger partial charge in [0.1, 0.15) is 5.69 Å². The molecular weight excluding hydrogens is 474 g/mol. The first-order chi connectivity index (χ1) is 20.3. The number of pyridine rings is 1. The molecule has 0 radical (unpaired) electrons. The van der Waals surface area contributed by atoms with Crippen LogP contribution in [0.5, 0.6) is 0 Å². The Hall–Kier alpha value is -3.44. The third kappa shape index (κ3) is 4.36. The standard InChI is InChI=1S/C26H33N7O4/c1-27-20-13-22(29-18-4-3-10-32(26(18)35)16-5-7-17(36-2)8-6-16)31-33-21(14-28-24(20)33)25(34)30-19-12-15-9-11-37-23(15)19/h3-4,10,13-17,19,23,27H,5-9,11-12H2,1-2H3,(H,29,31)(H,30,34)/t15-,16?,17?,19-,23-/m1/s1/i1D3,2D3. The van der Waals surface area contributed by atoms with Crippen molar-refractivity contribution in [2.75, 3.05) is 31.3 Å². The molecule has 11 heteroatoms. The SMILES string of the molecule is [2H]C([2H])([2H])Nc1cc(Nc2cccn(C3CCC(OC([2H])([2H])[2H])CC3)c2=O)nn2c(C(=O)N[C@@H]3C[C@H]4CCO[C@H]43)cnc12. The van der Waals surface area contributed by atoms with Gasteiger partial charge in [-0.05, 0) is 56.6 Å². The maximum atomic E-state index is 13.5. The van der Waals surface area contributed by atoms with Crippen LogP contribution in [0.15, 0.2) is 35.4 Å². The lowest BCUT2D eigenvalue weighted by Gasteiger charge is -2.39. The minimum Gasteiger partial charge on any atom is -0.385 e. The summed E-state index contributed by atoms with van der Waals surface area (Å²) < 4.78 is 58.9. The summed E-state index contributed by atoms with van der Waals surface area (Å²) in [5.41, 5.74) is 0.213. The molecule has 1 amide bonds. The third-order valence-electron chi connectivity index (χ3n) is 7.81. The van der Waals surface area contributed by atoms with E-state index in [1.54, 1.807) is 22.9 Å². The molecule has 3 aromatic heterocycles. The van der Waals surface area contributed by atoms with Crippen LogP contribution in [0.25, 0.3) is 5.65 Å². The smallest absolute Gasteiger partial charge is 0.274 e. The lowest BCUT2D eigenvalue weighted by molar-refractivity contribution is -0.000686. The number of anilines is 3. The Labute approximate surface area is 223 Å². The first kappa shape index (κ1) is 17.9. The molecule has 0 spiro atoms. The van der Waals surface area contributed by atoms with Gasteiger partial charge in [-0.15, -0.1) is 5.10 Å². The molecule has 1 saturated heterocycles. The van der Waals surface area contributed by atoms with Crippen molar-refractivity contribution in [3.8, 4) is 0 Å². The highest BCUT2D eigenvalue weighted by molar-refractivity contribution is 5.94. The zero-order valence-electron chi connectivity index (χ0n) is 26.1. The number of nitrogens with one attached hydrogen (secondary N) is 3. The van der Waals surface area contributed by atoms with E-state index in [0.717, 1.165) is 12.8 Å². The van der Waals surface area contributed by atoms with E-state index in [4.69, 9.17) is 17.7 Å². The van der Waals surface area contributed by atoms with Gasteiger partial charge in [-0.25, -0.2) is 9.50 Å². The van der Waals surface area contributed by atoms with E-state index in [-0.39, 0.29) is 58.4 Å². The molecule has 0 aromatic carbocycles. The molecule has 37 heavy (non-hydrogen) atoms. The lowest BCUT2D eigenvalue weighted by Crippen LogP contribution is -2.54. The van der Waals surface area contributed by atoms with Crippen molar-refractivity contribution in [3.63, 3.8) is 0 Å². The number of ether oxygens (including phenoxy) is 2. The van der Waals surface area contributed by atoms with Crippen LogP contribution >= 0.6 is 0 Å². The number of imidazole rings is 1. The van der Waals surface area contributed by atoms with Gasteiger partial charge in [-0.2, -0.15) is 0 Å². The van der Waals surface area contributed by atoms with Crippen molar-refractivity contribution < 1.29 is 22.5 Å². The number of rotatable bonds is 7. The van der Waals surface area contributed by atoms with E-state index in [2.05, 4.69) is 26.0 Å². The van der Waals surface area contributed by atoms with E-state index >= 15 is 0 Å². The Morgan fingerprint density at radius 3 is 2.95 bits per heavy atom. The van der Waals surface area contributed by atoms with Gasteiger partial charge in [-0.1, -0.05) is 0 Å². The fourth-order valence-electron chi connectivity index (χ4n) is 5.75. The molecule has 3 atom stereocenters. The number of aromatic nitrogens is 4. The first-order valence-corrected chi connectivity index (χ1v) is 12.6. The predicted molar refractivity (Wildman–Crippen MR) is 139 cm³/mol. The fourth-order valence-corrected chi connectivity index (χ4v) is 5.75. The second kappa shape index (κ2) is 9.79. The molecule has 2 aliphatic carbocycles. The molecule has 3 fully saturated rings. The molecule has 3 aromatic rings. The first-order valence-electron chi connectivity index (χ1n) is 15.6. The predicted octanol–water partition coefficient (Wildman–Crippen LogP) is 2.71. The van der Waals surface area contributed by atoms with E-state index in [1.165, 1.54) is 16.8 Å².